The first-order valence-corrected chi connectivity index (χ1v) is 24.8. The highest BCUT2D eigenvalue weighted by Crippen LogP contribution is 2.47. The van der Waals surface area contributed by atoms with Gasteiger partial charge in [0.1, 0.15) is 0 Å². The SMILES string of the molecule is c1ccc(-n2c3ccccc3c3cc(N(c4ccc(-c5ccc6ccccc6c5)cc4)c4ccc(-c5c6ccccc6c(-c6ccccc6-c6ccc7ccccc7c6)c6ccccc56)cc4)ccc32)cc1. The lowest BCUT2D eigenvalue weighted by Crippen LogP contribution is -2.10. The minimum Gasteiger partial charge on any atom is -0.310 e. The van der Waals surface area contributed by atoms with Gasteiger partial charge in [-0.25, -0.2) is 0 Å². The van der Waals surface area contributed by atoms with E-state index in [4.69, 9.17) is 0 Å². The average Bonchev–Trinajstić information content (AvgIpc) is 3.78. The Labute approximate surface area is 418 Å². The van der Waals surface area contributed by atoms with Crippen molar-refractivity contribution in [1.82, 2.24) is 4.57 Å². The van der Waals surface area contributed by atoms with E-state index < -0.39 is 0 Å². The lowest BCUT2D eigenvalue weighted by atomic mass is 9.83. The van der Waals surface area contributed by atoms with Crippen molar-refractivity contribution in [3.63, 3.8) is 0 Å². The first-order chi connectivity index (χ1) is 35.7. The van der Waals surface area contributed by atoms with Gasteiger partial charge in [-0.15, -0.1) is 0 Å². The molecular formula is C70H46N2. The van der Waals surface area contributed by atoms with Gasteiger partial charge in [0.05, 0.1) is 11.0 Å². The monoisotopic (exact) mass is 914 g/mol. The van der Waals surface area contributed by atoms with Crippen LogP contribution in [0.5, 0.6) is 0 Å². The van der Waals surface area contributed by atoms with Gasteiger partial charge >= 0.3 is 0 Å². The fourth-order valence-electron chi connectivity index (χ4n) is 11.4. The van der Waals surface area contributed by atoms with Gasteiger partial charge in [-0.05, 0) is 160 Å². The third kappa shape index (κ3) is 6.95. The molecule has 72 heavy (non-hydrogen) atoms. The topological polar surface area (TPSA) is 8.17 Å². The summed E-state index contributed by atoms with van der Waals surface area (Å²) in [6, 6.07) is 102. The minimum absolute atomic E-state index is 1.08. The molecule has 336 valence electrons. The van der Waals surface area contributed by atoms with Crippen molar-refractivity contribution >= 4 is 82.0 Å². The van der Waals surface area contributed by atoms with Crippen molar-refractivity contribution in [2.75, 3.05) is 4.90 Å². The highest BCUT2D eigenvalue weighted by Gasteiger charge is 2.21. The molecule has 0 aliphatic heterocycles. The number of hydrogen-bond donors (Lipinski definition) is 0. The van der Waals surface area contributed by atoms with E-state index >= 15 is 0 Å². The van der Waals surface area contributed by atoms with Crippen molar-refractivity contribution in [3.05, 3.63) is 279 Å². The lowest BCUT2D eigenvalue weighted by molar-refractivity contribution is 1.18. The van der Waals surface area contributed by atoms with E-state index in [1.807, 2.05) is 0 Å². The predicted molar refractivity (Wildman–Crippen MR) is 307 cm³/mol. The van der Waals surface area contributed by atoms with E-state index in [9.17, 15) is 0 Å². The van der Waals surface area contributed by atoms with Crippen LogP contribution in [0.15, 0.2) is 279 Å². The fourth-order valence-corrected chi connectivity index (χ4v) is 11.4. The van der Waals surface area contributed by atoms with Crippen LogP contribution in [-0.4, -0.2) is 4.57 Å². The molecular weight excluding hydrogens is 869 g/mol. The number of rotatable bonds is 8. The minimum atomic E-state index is 1.08. The van der Waals surface area contributed by atoms with Gasteiger partial charge in [-0.1, -0.05) is 206 Å². The molecule has 0 saturated heterocycles. The molecule has 2 nitrogen and oxygen atoms in total. The van der Waals surface area contributed by atoms with Crippen LogP contribution in [-0.2, 0) is 0 Å². The molecule has 1 aromatic heterocycles. The molecule has 0 bridgehead atoms. The van der Waals surface area contributed by atoms with Crippen molar-refractivity contribution in [1.29, 1.82) is 0 Å². The molecule has 0 N–H and O–H groups in total. The number of benzene rings is 13. The van der Waals surface area contributed by atoms with Gasteiger partial charge in [0, 0.05) is 33.5 Å². The first kappa shape index (κ1) is 41.5. The average molecular weight is 915 g/mol. The molecule has 0 spiro atoms. The van der Waals surface area contributed by atoms with Crippen molar-refractivity contribution < 1.29 is 0 Å². The maximum absolute atomic E-state index is 2.41. The molecule has 0 aliphatic carbocycles. The van der Waals surface area contributed by atoms with Crippen LogP contribution in [0.4, 0.5) is 17.1 Å². The summed E-state index contributed by atoms with van der Waals surface area (Å²) in [6.45, 7) is 0. The summed E-state index contributed by atoms with van der Waals surface area (Å²) in [7, 11) is 0. The number of para-hydroxylation sites is 2. The van der Waals surface area contributed by atoms with Crippen molar-refractivity contribution in [2.24, 2.45) is 0 Å². The van der Waals surface area contributed by atoms with Crippen LogP contribution in [0.2, 0.25) is 0 Å². The van der Waals surface area contributed by atoms with Crippen molar-refractivity contribution in [3.8, 4) is 50.2 Å². The van der Waals surface area contributed by atoms with Crippen LogP contribution in [0, 0.1) is 0 Å². The normalized spacial score (nSPS) is 11.6. The summed E-state index contributed by atoms with van der Waals surface area (Å²) < 4.78 is 2.38. The zero-order valence-corrected chi connectivity index (χ0v) is 39.5. The molecule has 14 rings (SSSR count). The lowest BCUT2D eigenvalue weighted by Gasteiger charge is -2.26. The van der Waals surface area contributed by atoms with Crippen LogP contribution in [0.25, 0.3) is 115 Å². The number of aromatic nitrogens is 1. The smallest absolute Gasteiger partial charge is 0.0542 e. The molecule has 14 aromatic rings. The third-order valence-electron chi connectivity index (χ3n) is 14.7. The first-order valence-electron chi connectivity index (χ1n) is 24.8. The zero-order valence-electron chi connectivity index (χ0n) is 39.5. The second-order valence-electron chi connectivity index (χ2n) is 18.8. The molecule has 0 atom stereocenters. The molecule has 1 heterocycles. The molecule has 2 heteroatoms. The molecule has 13 aromatic carbocycles. The Bertz CT molecular complexity index is 4320. The quantitative estimate of drug-likeness (QED) is 0.138. The molecule has 0 amide bonds. The van der Waals surface area contributed by atoms with E-state index in [0.717, 1.165) is 22.7 Å². The predicted octanol–water partition coefficient (Wildman–Crippen LogP) is 19.5. The maximum atomic E-state index is 2.41. The van der Waals surface area contributed by atoms with E-state index in [2.05, 4.69) is 289 Å². The summed E-state index contributed by atoms with van der Waals surface area (Å²) in [4.78, 5) is 2.41. The van der Waals surface area contributed by atoms with Gasteiger partial charge in [-0.3, -0.25) is 0 Å². The van der Waals surface area contributed by atoms with E-state index in [-0.39, 0.29) is 0 Å². The standard InChI is InChI=1S/C70H46N2/c1-2-20-55(21-3-1)72-67-29-15-14-23-60(67)66-46-58(42-43-68(66)72)71(56-38-34-49(35-39-56)53-32-30-47-16-4-6-18-51(47)44-53)57-40-36-50(37-41-57)69-62-25-10-12-27-64(62)70(65-28-13-11-26-63(65)69)61-24-9-8-22-59(61)54-33-31-48-17-5-7-19-52(48)45-54/h1-46H. The molecule has 0 saturated carbocycles. The van der Waals surface area contributed by atoms with E-state index in [1.165, 1.54) is 109 Å². The van der Waals surface area contributed by atoms with E-state index in [1.54, 1.807) is 0 Å². The zero-order chi connectivity index (χ0) is 47.5. The highest BCUT2D eigenvalue weighted by molar-refractivity contribution is 6.22. The molecule has 0 aliphatic rings. The second kappa shape index (κ2) is 17.2. The van der Waals surface area contributed by atoms with Gasteiger partial charge in [0.15, 0.2) is 0 Å². The Morgan fingerprint density at radius 2 is 0.681 bits per heavy atom. The van der Waals surface area contributed by atoms with E-state index in [0.29, 0.717) is 0 Å². The number of nitrogens with zero attached hydrogens (tertiary/aromatic N) is 2. The number of hydrogen-bond acceptors (Lipinski definition) is 1. The van der Waals surface area contributed by atoms with Gasteiger partial charge in [0.2, 0.25) is 0 Å². The summed E-state index contributed by atoms with van der Waals surface area (Å²) in [6.07, 6.45) is 0. The second-order valence-corrected chi connectivity index (χ2v) is 18.8. The van der Waals surface area contributed by atoms with Crippen molar-refractivity contribution in [2.45, 2.75) is 0 Å². The summed E-state index contributed by atoms with van der Waals surface area (Å²) in [5.74, 6) is 0. The Kier molecular flexibility index (Phi) is 9.89. The number of fused-ring (bicyclic) bond motifs is 7. The summed E-state index contributed by atoms with van der Waals surface area (Å²) in [5, 5.41) is 12.3. The Morgan fingerprint density at radius 1 is 0.236 bits per heavy atom. The summed E-state index contributed by atoms with van der Waals surface area (Å²) >= 11 is 0. The molecule has 0 fully saturated rings. The Hall–Kier alpha value is -9.50. The van der Waals surface area contributed by atoms with Gasteiger partial charge < -0.3 is 9.47 Å². The molecule has 0 unspecified atom stereocenters. The summed E-state index contributed by atoms with van der Waals surface area (Å²) in [5.41, 5.74) is 16.5. The highest BCUT2D eigenvalue weighted by atomic mass is 15.1. The van der Waals surface area contributed by atoms with Gasteiger partial charge in [-0.2, -0.15) is 0 Å². The van der Waals surface area contributed by atoms with Gasteiger partial charge in [0.25, 0.3) is 0 Å². The van der Waals surface area contributed by atoms with Crippen LogP contribution in [0.3, 0.4) is 0 Å². The van der Waals surface area contributed by atoms with Crippen LogP contribution in [0.1, 0.15) is 0 Å². The third-order valence-corrected chi connectivity index (χ3v) is 14.7. The maximum Gasteiger partial charge on any atom is 0.0542 e. The Morgan fingerprint density at radius 3 is 1.32 bits per heavy atom. The number of anilines is 3. The Balaban J connectivity index is 0.921. The van der Waals surface area contributed by atoms with Crippen LogP contribution >= 0.6 is 0 Å². The van der Waals surface area contributed by atoms with Crippen LogP contribution < -0.4 is 4.90 Å². The largest absolute Gasteiger partial charge is 0.310 e. The molecule has 0 radical (unpaired) electrons. The fraction of sp³-hybridized carbons (Fsp3) is 0.